The lowest BCUT2D eigenvalue weighted by molar-refractivity contribution is 0.101. The van der Waals surface area contributed by atoms with Gasteiger partial charge in [0.2, 0.25) is 0 Å². The van der Waals surface area contributed by atoms with Gasteiger partial charge in [-0.05, 0) is 44.9 Å². The van der Waals surface area contributed by atoms with Crippen molar-refractivity contribution in [2.75, 3.05) is 38.7 Å². The molecule has 1 aromatic rings. The fraction of sp³-hybridized carbons (Fsp3) is 0.667. The fourth-order valence-corrected chi connectivity index (χ4v) is 1.99. The fourth-order valence-electron chi connectivity index (χ4n) is 1.99. The minimum absolute atomic E-state index is 0.819. The minimum atomic E-state index is 0.819. The molecule has 0 spiro atoms. The Morgan fingerprint density at radius 3 is 3.05 bits per heavy atom. The van der Waals surface area contributed by atoms with Gasteiger partial charge in [0.05, 0.1) is 12.3 Å². The smallest absolute Gasteiger partial charge is 0.0593 e. The van der Waals surface area contributed by atoms with E-state index in [1.54, 1.807) is 0 Å². The van der Waals surface area contributed by atoms with Crippen LogP contribution >= 0.6 is 0 Å². The van der Waals surface area contributed by atoms with Gasteiger partial charge in [0.25, 0.3) is 0 Å². The first-order valence-corrected chi connectivity index (χ1v) is 7.23. The molecule has 1 fully saturated rings. The van der Waals surface area contributed by atoms with Crippen LogP contribution in [0.4, 0.5) is 5.69 Å². The van der Waals surface area contributed by atoms with Crippen molar-refractivity contribution >= 4 is 5.69 Å². The Bertz CT molecular complexity index is 379. The lowest BCUT2D eigenvalue weighted by Crippen LogP contribution is -2.23. The van der Waals surface area contributed by atoms with Gasteiger partial charge in [0.1, 0.15) is 0 Å². The molecule has 1 heterocycles. The summed E-state index contributed by atoms with van der Waals surface area (Å²) in [5.41, 5.74) is 2.24. The third-order valence-corrected chi connectivity index (χ3v) is 3.30. The minimum Gasteiger partial charge on any atom is -0.385 e. The zero-order chi connectivity index (χ0) is 13.5. The number of pyridine rings is 1. The van der Waals surface area contributed by atoms with E-state index in [2.05, 4.69) is 35.2 Å². The van der Waals surface area contributed by atoms with Gasteiger partial charge in [-0.1, -0.05) is 0 Å². The lowest BCUT2D eigenvalue weighted by Gasteiger charge is -2.16. The molecule has 19 heavy (non-hydrogen) atoms. The second-order valence-corrected chi connectivity index (χ2v) is 5.32. The molecule has 4 heteroatoms. The average Bonchev–Trinajstić information content (AvgIpc) is 3.20. The molecular formula is C15H25N3O. The third-order valence-electron chi connectivity index (χ3n) is 3.30. The Kier molecular flexibility index (Phi) is 5.61. The summed E-state index contributed by atoms with van der Waals surface area (Å²) in [5.74, 6) is 0.851. The van der Waals surface area contributed by atoms with Crippen LogP contribution in [-0.2, 0) is 11.3 Å². The molecule has 0 bridgehead atoms. The van der Waals surface area contributed by atoms with Gasteiger partial charge in [-0.2, -0.15) is 0 Å². The zero-order valence-corrected chi connectivity index (χ0v) is 12.1. The molecule has 106 valence electrons. The number of anilines is 1. The Hall–Kier alpha value is -1.13. The van der Waals surface area contributed by atoms with E-state index in [0.29, 0.717) is 0 Å². The summed E-state index contributed by atoms with van der Waals surface area (Å²) in [6.45, 7) is 6.63. The number of hydrogen-bond acceptors (Lipinski definition) is 4. The van der Waals surface area contributed by atoms with Crippen LogP contribution in [0.25, 0.3) is 0 Å². The second kappa shape index (κ2) is 7.46. The normalized spacial score (nSPS) is 14.9. The molecule has 1 aromatic heterocycles. The standard InChI is InChI=1S/C15H25N3O/c1-3-16-14-6-7-17-15(10-14)11-18(2)8-9-19-12-13-4-5-13/h6-7,10,13H,3-5,8-9,11-12H2,1-2H3,(H,16,17). The first-order chi connectivity index (χ1) is 9.28. The summed E-state index contributed by atoms with van der Waals surface area (Å²) in [7, 11) is 2.11. The zero-order valence-electron chi connectivity index (χ0n) is 12.1. The van der Waals surface area contributed by atoms with Crippen LogP contribution in [0.3, 0.4) is 0 Å². The molecule has 0 unspecified atom stereocenters. The van der Waals surface area contributed by atoms with E-state index >= 15 is 0 Å². The molecule has 0 aromatic carbocycles. The molecular weight excluding hydrogens is 238 g/mol. The summed E-state index contributed by atoms with van der Waals surface area (Å²) in [5, 5.41) is 3.31. The Morgan fingerprint density at radius 1 is 1.47 bits per heavy atom. The van der Waals surface area contributed by atoms with Crippen LogP contribution in [0, 0.1) is 5.92 Å². The van der Waals surface area contributed by atoms with Crippen molar-refractivity contribution in [2.24, 2.45) is 5.92 Å². The number of likely N-dealkylation sites (N-methyl/N-ethyl adjacent to an activating group) is 1. The molecule has 1 aliphatic rings. The molecule has 2 rings (SSSR count). The highest BCUT2D eigenvalue weighted by atomic mass is 16.5. The molecule has 4 nitrogen and oxygen atoms in total. The maximum atomic E-state index is 5.65. The van der Waals surface area contributed by atoms with Crippen molar-refractivity contribution in [1.29, 1.82) is 0 Å². The van der Waals surface area contributed by atoms with Gasteiger partial charge in [-0.3, -0.25) is 9.88 Å². The third kappa shape index (κ3) is 5.57. The van der Waals surface area contributed by atoms with Crippen molar-refractivity contribution in [3.8, 4) is 0 Å². The van der Waals surface area contributed by atoms with E-state index in [9.17, 15) is 0 Å². The first kappa shape index (κ1) is 14.3. The number of ether oxygens (including phenoxy) is 1. The molecule has 0 radical (unpaired) electrons. The topological polar surface area (TPSA) is 37.4 Å². The van der Waals surface area contributed by atoms with E-state index in [4.69, 9.17) is 4.74 Å². The summed E-state index contributed by atoms with van der Waals surface area (Å²) in [4.78, 5) is 6.66. The van der Waals surface area contributed by atoms with Crippen molar-refractivity contribution in [3.05, 3.63) is 24.0 Å². The summed E-state index contributed by atoms with van der Waals surface area (Å²) in [6, 6.07) is 4.12. The van der Waals surface area contributed by atoms with Gasteiger partial charge >= 0.3 is 0 Å². The molecule has 1 N–H and O–H groups in total. The predicted molar refractivity (Wildman–Crippen MR) is 78.3 cm³/mol. The molecule has 0 saturated heterocycles. The Labute approximate surface area is 116 Å². The second-order valence-electron chi connectivity index (χ2n) is 5.32. The van der Waals surface area contributed by atoms with E-state index < -0.39 is 0 Å². The quantitative estimate of drug-likeness (QED) is 0.694. The maximum absolute atomic E-state index is 5.65. The van der Waals surface area contributed by atoms with E-state index in [1.165, 1.54) is 12.8 Å². The molecule has 0 amide bonds. The molecule has 0 aliphatic heterocycles. The van der Waals surface area contributed by atoms with Crippen LogP contribution in [0.15, 0.2) is 18.3 Å². The number of hydrogen-bond donors (Lipinski definition) is 1. The number of aromatic nitrogens is 1. The predicted octanol–water partition coefficient (Wildman–Crippen LogP) is 2.37. The largest absolute Gasteiger partial charge is 0.385 e. The van der Waals surface area contributed by atoms with Crippen LogP contribution in [0.2, 0.25) is 0 Å². The highest BCUT2D eigenvalue weighted by molar-refractivity contribution is 5.42. The molecule has 1 saturated carbocycles. The lowest BCUT2D eigenvalue weighted by atomic mass is 10.3. The van der Waals surface area contributed by atoms with Gasteiger partial charge in [-0.15, -0.1) is 0 Å². The van der Waals surface area contributed by atoms with E-state index in [0.717, 1.165) is 50.1 Å². The van der Waals surface area contributed by atoms with Crippen molar-refractivity contribution < 1.29 is 4.74 Å². The Balaban J connectivity index is 1.67. The van der Waals surface area contributed by atoms with Crippen LogP contribution in [-0.4, -0.2) is 43.2 Å². The van der Waals surface area contributed by atoms with Crippen LogP contribution in [0.5, 0.6) is 0 Å². The summed E-state index contributed by atoms with van der Waals surface area (Å²) >= 11 is 0. The maximum Gasteiger partial charge on any atom is 0.0593 e. The van der Waals surface area contributed by atoms with Crippen LogP contribution in [0.1, 0.15) is 25.5 Å². The van der Waals surface area contributed by atoms with Crippen molar-refractivity contribution in [1.82, 2.24) is 9.88 Å². The molecule has 1 aliphatic carbocycles. The average molecular weight is 263 g/mol. The van der Waals surface area contributed by atoms with Gasteiger partial charge in [-0.25, -0.2) is 0 Å². The number of nitrogens with one attached hydrogen (secondary N) is 1. The van der Waals surface area contributed by atoms with Crippen LogP contribution < -0.4 is 5.32 Å². The summed E-state index contributed by atoms with van der Waals surface area (Å²) < 4.78 is 5.65. The highest BCUT2D eigenvalue weighted by Crippen LogP contribution is 2.28. The first-order valence-electron chi connectivity index (χ1n) is 7.23. The van der Waals surface area contributed by atoms with E-state index in [1.807, 2.05) is 12.3 Å². The van der Waals surface area contributed by atoms with E-state index in [-0.39, 0.29) is 0 Å². The van der Waals surface area contributed by atoms with Crippen molar-refractivity contribution in [3.63, 3.8) is 0 Å². The SMILES string of the molecule is CCNc1ccnc(CN(C)CCOCC2CC2)c1. The van der Waals surface area contributed by atoms with Gasteiger partial charge in [0.15, 0.2) is 0 Å². The van der Waals surface area contributed by atoms with Gasteiger partial charge < -0.3 is 10.1 Å². The van der Waals surface area contributed by atoms with Gasteiger partial charge in [0, 0.05) is 38.1 Å². The Morgan fingerprint density at radius 2 is 2.32 bits per heavy atom. The monoisotopic (exact) mass is 263 g/mol. The van der Waals surface area contributed by atoms with Crippen molar-refractivity contribution in [2.45, 2.75) is 26.3 Å². The number of nitrogens with zero attached hydrogens (tertiary/aromatic N) is 2. The molecule has 0 atom stereocenters. The number of rotatable bonds is 9. The highest BCUT2D eigenvalue weighted by Gasteiger charge is 2.20. The summed E-state index contributed by atoms with van der Waals surface area (Å²) in [6.07, 6.45) is 4.58.